The lowest BCUT2D eigenvalue weighted by Gasteiger charge is -2.50. The Labute approximate surface area is 275 Å². The van der Waals surface area contributed by atoms with E-state index in [2.05, 4.69) is 42.9 Å². The summed E-state index contributed by atoms with van der Waals surface area (Å²) in [7, 11) is 0. The van der Waals surface area contributed by atoms with Crippen LogP contribution in [0.5, 0.6) is 5.75 Å². The molecule has 8 rings (SSSR count). The molecule has 0 atom stereocenters. The number of fused-ring (bicyclic) bond motifs is 7. The summed E-state index contributed by atoms with van der Waals surface area (Å²) < 4.78 is 13.8. The minimum absolute atomic E-state index is 0.230. The number of carbonyl (C=O) groups excluding carboxylic acids is 1. The number of carbonyl (C=O) groups is 1. The number of ether oxygens (including phenoxy) is 2. The molecular formula is C36H44N8O3. The highest BCUT2D eigenvalue weighted by molar-refractivity contribution is 6.05. The van der Waals surface area contributed by atoms with E-state index in [4.69, 9.17) is 25.2 Å². The van der Waals surface area contributed by atoms with E-state index in [1.807, 2.05) is 6.92 Å². The zero-order valence-corrected chi connectivity index (χ0v) is 27.2. The Balaban J connectivity index is 1.04. The first-order valence-corrected chi connectivity index (χ1v) is 17.2. The number of imidazole rings is 1. The van der Waals surface area contributed by atoms with Crippen LogP contribution in [0.15, 0.2) is 42.6 Å². The van der Waals surface area contributed by atoms with Gasteiger partial charge in [0.1, 0.15) is 11.6 Å². The summed E-state index contributed by atoms with van der Waals surface area (Å²) in [4.78, 5) is 32.8. The summed E-state index contributed by atoms with van der Waals surface area (Å²) in [5.41, 5.74) is 12.2. The lowest BCUT2D eigenvalue weighted by atomic mass is 9.71. The molecule has 4 aliphatic rings. The number of nitrogens with one attached hydrogen (secondary N) is 1. The van der Waals surface area contributed by atoms with E-state index >= 15 is 0 Å². The third-order valence-electron chi connectivity index (χ3n) is 10.8. The van der Waals surface area contributed by atoms with Crippen LogP contribution < -0.4 is 20.7 Å². The second-order valence-electron chi connectivity index (χ2n) is 13.8. The number of anilines is 3. The van der Waals surface area contributed by atoms with Gasteiger partial charge in [-0.15, -0.1) is 0 Å². The van der Waals surface area contributed by atoms with Crippen molar-refractivity contribution in [3.63, 3.8) is 0 Å². The van der Waals surface area contributed by atoms with E-state index in [0.29, 0.717) is 52.4 Å². The molecule has 0 aliphatic carbocycles. The number of hydrogen-bond acceptors (Lipinski definition) is 9. The van der Waals surface area contributed by atoms with E-state index in [9.17, 15) is 4.79 Å². The number of rotatable bonds is 2. The molecular weight excluding hydrogens is 592 g/mol. The standard InChI is InChI=1S/C36H44N8O3/c1-24-17-25-18-30(39-24)28-21-38-33(37)20-32(28)47-16-4-2-3-11-44-31-19-26(5-6-29(31)40-35(44)41-34(25)45)42-12-7-36(8-13-42)9-14-43(15-10-36)27-22-46-23-27/h5-6,17-21,27H,2-4,7-16,22-23H2,1H3,(H2,37,38)(H,40,41,45). The van der Waals surface area contributed by atoms with Crippen molar-refractivity contribution in [3.05, 3.63) is 53.9 Å². The summed E-state index contributed by atoms with van der Waals surface area (Å²) in [5.74, 6) is 1.35. The summed E-state index contributed by atoms with van der Waals surface area (Å²) in [6.07, 6.45) is 9.52. The van der Waals surface area contributed by atoms with Crippen molar-refractivity contribution in [2.24, 2.45) is 5.41 Å². The molecule has 1 aromatic carbocycles. The lowest BCUT2D eigenvalue weighted by Crippen LogP contribution is -2.54. The van der Waals surface area contributed by atoms with E-state index in [-0.39, 0.29) is 5.91 Å². The Morgan fingerprint density at radius 2 is 1.74 bits per heavy atom. The lowest BCUT2D eigenvalue weighted by molar-refractivity contribution is -0.0834. The molecule has 3 N–H and O–H groups in total. The van der Waals surface area contributed by atoms with Crippen molar-refractivity contribution in [1.82, 2.24) is 24.4 Å². The molecule has 3 fully saturated rings. The maximum absolute atomic E-state index is 13.7. The van der Waals surface area contributed by atoms with Gasteiger partial charge in [0.25, 0.3) is 5.91 Å². The van der Waals surface area contributed by atoms with Crippen molar-refractivity contribution >= 4 is 34.4 Å². The molecule has 2 bridgehead atoms. The minimum Gasteiger partial charge on any atom is -0.493 e. The minimum atomic E-state index is -0.230. The number of amides is 1. The molecule has 1 amide bonds. The van der Waals surface area contributed by atoms with Gasteiger partial charge in [-0.05, 0) is 101 Å². The van der Waals surface area contributed by atoms with Gasteiger partial charge < -0.3 is 24.7 Å². The van der Waals surface area contributed by atoms with Gasteiger partial charge in [0.15, 0.2) is 0 Å². The molecule has 4 aromatic rings. The fourth-order valence-corrected chi connectivity index (χ4v) is 7.77. The molecule has 0 radical (unpaired) electrons. The zero-order valence-electron chi connectivity index (χ0n) is 27.2. The molecule has 246 valence electrons. The molecule has 47 heavy (non-hydrogen) atoms. The second kappa shape index (κ2) is 12.4. The van der Waals surface area contributed by atoms with Gasteiger partial charge >= 0.3 is 0 Å². The first-order chi connectivity index (χ1) is 22.9. The average Bonchev–Trinajstić information content (AvgIpc) is 3.38. The number of pyridine rings is 2. The van der Waals surface area contributed by atoms with Crippen molar-refractivity contribution in [3.8, 4) is 17.0 Å². The van der Waals surface area contributed by atoms with Gasteiger partial charge in [0.05, 0.1) is 48.2 Å². The molecule has 4 aliphatic heterocycles. The number of benzene rings is 1. The zero-order chi connectivity index (χ0) is 32.0. The number of hydrogen-bond donors (Lipinski definition) is 2. The van der Waals surface area contributed by atoms with Crippen LogP contribution in [-0.4, -0.2) is 82.4 Å². The van der Waals surface area contributed by atoms with Crippen molar-refractivity contribution in [2.45, 2.75) is 64.5 Å². The van der Waals surface area contributed by atoms with E-state index in [0.717, 1.165) is 68.8 Å². The topological polar surface area (TPSA) is 124 Å². The van der Waals surface area contributed by atoms with Crippen LogP contribution in [0, 0.1) is 12.3 Å². The van der Waals surface area contributed by atoms with Gasteiger partial charge in [0.2, 0.25) is 5.95 Å². The largest absolute Gasteiger partial charge is 0.493 e. The number of nitrogens with zero attached hydrogens (tertiary/aromatic N) is 6. The van der Waals surface area contributed by atoms with Crippen LogP contribution in [-0.2, 0) is 11.3 Å². The maximum atomic E-state index is 13.7. The van der Waals surface area contributed by atoms with Crippen molar-refractivity contribution in [1.29, 1.82) is 0 Å². The molecule has 11 heteroatoms. The smallest absolute Gasteiger partial charge is 0.258 e. The Bertz CT molecular complexity index is 1780. The predicted octanol–water partition coefficient (Wildman–Crippen LogP) is 5.28. The highest BCUT2D eigenvalue weighted by atomic mass is 16.5. The van der Waals surface area contributed by atoms with Gasteiger partial charge in [-0.25, -0.2) is 9.97 Å². The molecule has 0 unspecified atom stereocenters. The summed E-state index contributed by atoms with van der Waals surface area (Å²) in [6.45, 7) is 9.56. The molecule has 11 nitrogen and oxygen atoms in total. The third-order valence-corrected chi connectivity index (χ3v) is 10.8. The van der Waals surface area contributed by atoms with E-state index in [1.54, 1.807) is 24.4 Å². The normalized spacial score (nSPS) is 20.8. The molecule has 3 saturated heterocycles. The van der Waals surface area contributed by atoms with E-state index < -0.39 is 0 Å². The van der Waals surface area contributed by atoms with Gasteiger partial charge in [-0.1, -0.05) is 0 Å². The number of likely N-dealkylation sites (tertiary alicyclic amines) is 1. The number of nitrogen functional groups attached to an aromatic ring is 1. The first-order valence-electron chi connectivity index (χ1n) is 17.2. The third kappa shape index (κ3) is 6.02. The van der Waals surface area contributed by atoms with Crippen LogP contribution in [0.2, 0.25) is 0 Å². The molecule has 0 saturated carbocycles. The quantitative estimate of drug-likeness (QED) is 0.303. The fraction of sp³-hybridized carbons (Fsp3) is 0.500. The number of piperidine rings is 2. The number of aromatic nitrogens is 4. The highest BCUT2D eigenvalue weighted by Crippen LogP contribution is 2.43. The van der Waals surface area contributed by atoms with Crippen molar-refractivity contribution < 1.29 is 14.3 Å². The van der Waals surface area contributed by atoms with Crippen LogP contribution in [0.4, 0.5) is 17.5 Å². The molecule has 7 heterocycles. The number of aryl methyl sites for hydroxylation is 2. The average molecular weight is 637 g/mol. The Morgan fingerprint density at radius 3 is 2.53 bits per heavy atom. The highest BCUT2D eigenvalue weighted by Gasteiger charge is 2.40. The molecule has 1 spiro atoms. The predicted molar refractivity (Wildman–Crippen MR) is 183 cm³/mol. The fourth-order valence-electron chi connectivity index (χ4n) is 7.77. The van der Waals surface area contributed by atoms with E-state index in [1.165, 1.54) is 44.5 Å². The van der Waals surface area contributed by atoms with Crippen LogP contribution in [0.1, 0.15) is 61.0 Å². The summed E-state index contributed by atoms with van der Waals surface area (Å²) in [5, 5.41) is 3.14. The molecule has 3 aromatic heterocycles. The summed E-state index contributed by atoms with van der Waals surface area (Å²) in [6, 6.07) is 12.5. The van der Waals surface area contributed by atoms with Crippen LogP contribution >= 0.6 is 0 Å². The first kappa shape index (κ1) is 30.1. The van der Waals surface area contributed by atoms with Gasteiger partial charge in [-0.3, -0.25) is 20.0 Å². The number of nitrogens with two attached hydrogens (primary N) is 1. The van der Waals surface area contributed by atoms with Crippen molar-refractivity contribution in [2.75, 3.05) is 62.0 Å². The monoisotopic (exact) mass is 636 g/mol. The van der Waals surface area contributed by atoms with Crippen LogP contribution in [0.25, 0.3) is 22.3 Å². The maximum Gasteiger partial charge on any atom is 0.258 e. The second-order valence-corrected chi connectivity index (χ2v) is 13.8. The van der Waals surface area contributed by atoms with Gasteiger partial charge in [0, 0.05) is 48.8 Å². The Kier molecular flexibility index (Phi) is 7.97. The Morgan fingerprint density at radius 1 is 0.936 bits per heavy atom. The SMILES string of the molecule is Cc1cc2cc(n1)-c1cnc(N)cc1OCCCCCn1c(nc3ccc(N4CCC5(CC4)CCN(C4COC4)CC5)cc31)NC2=O. The Hall–Kier alpha value is -4.22. The summed E-state index contributed by atoms with van der Waals surface area (Å²) >= 11 is 0. The van der Waals surface area contributed by atoms with Gasteiger partial charge in [-0.2, -0.15) is 0 Å². The van der Waals surface area contributed by atoms with Crippen LogP contribution in [0.3, 0.4) is 0 Å².